The van der Waals surface area contributed by atoms with E-state index in [0.717, 1.165) is 22.8 Å². The highest BCUT2D eigenvalue weighted by molar-refractivity contribution is 7.98. The summed E-state index contributed by atoms with van der Waals surface area (Å²) in [5.41, 5.74) is 6.76. The molecule has 2 rings (SSSR count). The molecule has 0 saturated carbocycles. The van der Waals surface area contributed by atoms with Crippen LogP contribution in [0.3, 0.4) is 0 Å². The molecule has 2 aromatic rings. The maximum atomic E-state index is 5.88. The van der Waals surface area contributed by atoms with Gasteiger partial charge in [-0.05, 0) is 49.1 Å². The minimum Gasteiger partial charge on any atom is -0.456 e. The molecule has 0 heterocycles. The van der Waals surface area contributed by atoms with Crippen LogP contribution in [0, 0.1) is 0 Å². The van der Waals surface area contributed by atoms with E-state index in [4.69, 9.17) is 10.5 Å². The number of thioether (sulfide) groups is 1. The first-order valence-corrected chi connectivity index (χ1v) is 7.16. The summed E-state index contributed by atoms with van der Waals surface area (Å²) in [7, 11) is 0. The van der Waals surface area contributed by atoms with E-state index in [2.05, 4.69) is 18.2 Å². The maximum Gasteiger partial charge on any atom is 0.140 e. The van der Waals surface area contributed by atoms with E-state index < -0.39 is 0 Å². The molecule has 0 fully saturated rings. The third kappa shape index (κ3) is 3.28. The summed E-state index contributed by atoms with van der Waals surface area (Å²) in [5, 5.41) is 0. The molecule has 2 aromatic carbocycles. The van der Waals surface area contributed by atoms with Crippen molar-refractivity contribution in [2.75, 3.05) is 12.8 Å². The van der Waals surface area contributed by atoms with Crippen LogP contribution in [0.15, 0.2) is 53.4 Å². The molecule has 0 radical (unpaired) electrons. The Hall–Kier alpha value is -1.45. The van der Waals surface area contributed by atoms with Crippen molar-refractivity contribution in [2.24, 2.45) is 5.73 Å². The zero-order valence-corrected chi connectivity index (χ0v) is 11.2. The van der Waals surface area contributed by atoms with Crippen molar-refractivity contribution < 1.29 is 4.74 Å². The van der Waals surface area contributed by atoms with E-state index in [1.54, 1.807) is 11.8 Å². The molecule has 0 atom stereocenters. The molecule has 0 aliphatic carbocycles. The monoisotopic (exact) mass is 259 g/mol. The van der Waals surface area contributed by atoms with E-state index >= 15 is 0 Å². The number of benzene rings is 2. The lowest BCUT2D eigenvalue weighted by Crippen LogP contribution is -2.02. The molecule has 0 spiro atoms. The maximum absolute atomic E-state index is 5.88. The van der Waals surface area contributed by atoms with Gasteiger partial charge in [0.2, 0.25) is 0 Å². The number of nitrogens with two attached hydrogens (primary N) is 1. The van der Waals surface area contributed by atoms with E-state index in [9.17, 15) is 0 Å². The van der Waals surface area contributed by atoms with Crippen molar-refractivity contribution in [3.8, 4) is 11.5 Å². The molecule has 3 heteroatoms. The molecule has 2 N–H and O–H groups in total. The first kappa shape index (κ1) is 13.0. The van der Waals surface area contributed by atoms with E-state index in [1.807, 2.05) is 36.6 Å². The summed E-state index contributed by atoms with van der Waals surface area (Å²) in [6.07, 6.45) is 2.95. The normalized spacial score (nSPS) is 10.3. The molecular weight excluding hydrogens is 242 g/mol. The van der Waals surface area contributed by atoms with Gasteiger partial charge in [-0.2, -0.15) is 0 Å². The molecule has 0 bridgehead atoms. The predicted octanol–water partition coefficient (Wildman–Crippen LogP) is 3.70. The Morgan fingerprint density at radius 1 is 1.06 bits per heavy atom. The van der Waals surface area contributed by atoms with Gasteiger partial charge in [0.15, 0.2) is 0 Å². The fourth-order valence-corrected chi connectivity index (χ4v) is 2.25. The van der Waals surface area contributed by atoms with Crippen molar-refractivity contribution in [3.05, 3.63) is 54.1 Å². The molecule has 18 heavy (non-hydrogen) atoms. The quantitative estimate of drug-likeness (QED) is 0.831. The van der Waals surface area contributed by atoms with Crippen LogP contribution in [0.25, 0.3) is 0 Å². The highest BCUT2D eigenvalue weighted by Gasteiger charge is 2.03. The Balaban J connectivity index is 2.13. The van der Waals surface area contributed by atoms with Gasteiger partial charge < -0.3 is 10.5 Å². The van der Waals surface area contributed by atoms with Gasteiger partial charge in [0.05, 0.1) is 0 Å². The van der Waals surface area contributed by atoms with Crippen molar-refractivity contribution in [3.63, 3.8) is 0 Å². The van der Waals surface area contributed by atoms with Crippen LogP contribution in [0.5, 0.6) is 11.5 Å². The Kier molecular flexibility index (Phi) is 4.67. The number of hydrogen-bond acceptors (Lipinski definition) is 3. The minimum absolute atomic E-state index is 0.676. The zero-order chi connectivity index (χ0) is 12.8. The lowest BCUT2D eigenvalue weighted by atomic mass is 10.1. The molecule has 0 unspecified atom stereocenters. The molecule has 2 nitrogen and oxygen atoms in total. The predicted molar refractivity (Wildman–Crippen MR) is 77.5 cm³/mol. The van der Waals surface area contributed by atoms with Gasteiger partial charge in [-0.25, -0.2) is 0 Å². The van der Waals surface area contributed by atoms with Gasteiger partial charge in [-0.1, -0.05) is 24.3 Å². The topological polar surface area (TPSA) is 35.2 Å². The third-order valence-electron chi connectivity index (χ3n) is 2.65. The van der Waals surface area contributed by atoms with Crippen molar-refractivity contribution in [1.82, 2.24) is 0 Å². The molecule has 0 saturated heterocycles. The average Bonchev–Trinajstić information content (AvgIpc) is 2.42. The first-order valence-electron chi connectivity index (χ1n) is 5.93. The molecule has 94 valence electrons. The summed E-state index contributed by atoms with van der Waals surface area (Å²) >= 11 is 1.68. The Bertz CT molecular complexity index is 496. The number of ether oxygens (including phenoxy) is 1. The highest BCUT2D eigenvalue weighted by atomic mass is 32.2. The van der Waals surface area contributed by atoms with Crippen molar-refractivity contribution >= 4 is 11.8 Å². The number of rotatable bonds is 5. The van der Waals surface area contributed by atoms with Gasteiger partial charge >= 0.3 is 0 Å². The second-order valence-electron chi connectivity index (χ2n) is 3.94. The molecule has 0 aromatic heterocycles. The van der Waals surface area contributed by atoms with Crippen LogP contribution in [0.2, 0.25) is 0 Å². The standard InChI is InChI=1S/C15H17NOS/c1-18-15-5-3-2-4-14(15)17-13-8-6-12(7-9-13)10-11-16/h2-9H,10-11,16H2,1H3. The van der Waals surface area contributed by atoms with Gasteiger partial charge in [-0.15, -0.1) is 11.8 Å². The van der Waals surface area contributed by atoms with Crippen LogP contribution in [0.4, 0.5) is 0 Å². The smallest absolute Gasteiger partial charge is 0.140 e. The first-order chi connectivity index (χ1) is 8.83. The summed E-state index contributed by atoms with van der Waals surface area (Å²) in [6.45, 7) is 0.676. The summed E-state index contributed by atoms with van der Waals surface area (Å²) in [4.78, 5) is 1.14. The third-order valence-corrected chi connectivity index (χ3v) is 3.43. The minimum atomic E-state index is 0.676. The summed E-state index contributed by atoms with van der Waals surface area (Å²) < 4.78 is 5.88. The lowest BCUT2D eigenvalue weighted by Gasteiger charge is -2.09. The van der Waals surface area contributed by atoms with Gasteiger partial charge in [0.1, 0.15) is 11.5 Å². The van der Waals surface area contributed by atoms with Crippen LogP contribution in [0.1, 0.15) is 5.56 Å². The second-order valence-corrected chi connectivity index (χ2v) is 4.78. The SMILES string of the molecule is CSc1ccccc1Oc1ccc(CCN)cc1. The average molecular weight is 259 g/mol. The Morgan fingerprint density at radius 3 is 2.44 bits per heavy atom. The van der Waals surface area contributed by atoms with Gasteiger partial charge in [-0.3, -0.25) is 0 Å². The van der Waals surface area contributed by atoms with E-state index in [-0.39, 0.29) is 0 Å². The van der Waals surface area contributed by atoms with Crippen LogP contribution >= 0.6 is 11.8 Å². The Labute approximate surface area is 112 Å². The molecule has 0 amide bonds. The van der Waals surface area contributed by atoms with Gasteiger partial charge in [0, 0.05) is 4.90 Å². The molecule has 0 aliphatic heterocycles. The second kappa shape index (κ2) is 6.47. The fraction of sp³-hybridized carbons (Fsp3) is 0.200. The highest BCUT2D eigenvalue weighted by Crippen LogP contribution is 2.31. The Morgan fingerprint density at radius 2 is 1.78 bits per heavy atom. The number of para-hydroxylation sites is 1. The molecule has 0 aliphatic rings. The summed E-state index contributed by atoms with van der Waals surface area (Å²) in [6, 6.07) is 16.1. The summed E-state index contributed by atoms with van der Waals surface area (Å²) in [5.74, 6) is 1.76. The molecular formula is C15H17NOS. The van der Waals surface area contributed by atoms with Crippen molar-refractivity contribution in [1.29, 1.82) is 0 Å². The number of hydrogen-bond donors (Lipinski definition) is 1. The van der Waals surface area contributed by atoms with Crippen LogP contribution in [-0.2, 0) is 6.42 Å². The van der Waals surface area contributed by atoms with Crippen molar-refractivity contribution in [2.45, 2.75) is 11.3 Å². The van der Waals surface area contributed by atoms with E-state index in [0.29, 0.717) is 6.54 Å². The van der Waals surface area contributed by atoms with Crippen LogP contribution < -0.4 is 10.5 Å². The zero-order valence-electron chi connectivity index (χ0n) is 10.4. The lowest BCUT2D eigenvalue weighted by molar-refractivity contribution is 0.471. The fourth-order valence-electron chi connectivity index (χ4n) is 1.72. The van der Waals surface area contributed by atoms with E-state index in [1.165, 1.54) is 5.56 Å². The van der Waals surface area contributed by atoms with Crippen LogP contribution in [-0.4, -0.2) is 12.8 Å². The van der Waals surface area contributed by atoms with Gasteiger partial charge in [0.25, 0.3) is 0 Å². The largest absolute Gasteiger partial charge is 0.456 e.